The first-order valence-electron chi connectivity index (χ1n) is 3.99. The highest BCUT2D eigenvalue weighted by Crippen LogP contribution is 2.21. The summed E-state index contributed by atoms with van der Waals surface area (Å²) in [7, 11) is -3.12. The first kappa shape index (κ1) is 9.95. The van der Waals surface area contributed by atoms with Crippen molar-refractivity contribution in [3.63, 3.8) is 0 Å². The Labute approximate surface area is 73.2 Å². The molecule has 1 fully saturated rings. The maximum Gasteiger partial charge on any atom is 0.211 e. The van der Waals surface area contributed by atoms with Crippen molar-refractivity contribution < 1.29 is 13.5 Å². The quantitative estimate of drug-likeness (QED) is 0.627. The van der Waals surface area contributed by atoms with Crippen LogP contribution in [0.4, 0.5) is 0 Å². The summed E-state index contributed by atoms with van der Waals surface area (Å²) in [6.45, 7) is 2.44. The van der Waals surface area contributed by atoms with Gasteiger partial charge in [0.1, 0.15) is 0 Å². The van der Waals surface area contributed by atoms with Gasteiger partial charge in [-0.3, -0.25) is 0 Å². The Balaban J connectivity index is 2.71. The van der Waals surface area contributed by atoms with Crippen LogP contribution in [0.15, 0.2) is 0 Å². The second kappa shape index (κ2) is 2.97. The van der Waals surface area contributed by atoms with Crippen molar-refractivity contribution >= 4 is 10.0 Å². The van der Waals surface area contributed by atoms with Crippen molar-refractivity contribution in [1.29, 1.82) is 0 Å². The molecule has 1 saturated heterocycles. The molecule has 0 radical (unpaired) electrons. The molecule has 0 spiro atoms. The molecule has 1 unspecified atom stereocenters. The van der Waals surface area contributed by atoms with E-state index in [0.717, 1.165) is 6.42 Å². The fraction of sp³-hybridized carbons (Fsp3) is 1.00. The van der Waals surface area contributed by atoms with Gasteiger partial charge >= 0.3 is 0 Å². The molecule has 0 aromatic carbocycles. The predicted octanol–water partition coefficient (Wildman–Crippen LogP) is -0.207. The second-order valence-electron chi connectivity index (χ2n) is 3.70. The largest absolute Gasteiger partial charge is 0.389 e. The average molecular weight is 193 g/mol. The summed E-state index contributed by atoms with van der Waals surface area (Å²) in [5.41, 5.74) is -0.846. The Kier molecular flexibility index (Phi) is 2.47. The third-order valence-corrected chi connectivity index (χ3v) is 3.36. The van der Waals surface area contributed by atoms with Crippen LogP contribution in [-0.2, 0) is 10.0 Å². The molecule has 1 rings (SSSR count). The minimum atomic E-state index is -3.12. The normalized spacial score (nSPS) is 33.6. The molecule has 1 aliphatic rings. The summed E-state index contributed by atoms with van der Waals surface area (Å²) in [5, 5.41) is 9.60. The lowest BCUT2D eigenvalue weighted by molar-refractivity contribution is 0.00959. The highest BCUT2D eigenvalue weighted by molar-refractivity contribution is 7.88. The van der Waals surface area contributed by atoms with Crippen LogP contribution in [-0.4, -0.2) is 42.8 Å². The zero-order valence-electron chi connectivity index (χ0n) is 7.45. The Morgan fingerprint density at radius 2 is 2.08 bits per heavy atom. The average Bonchev–Trinajstić information content (AvgIpc) is 1.83. The molecule has 0 saturated carbocycles. The van der Waals surface area contributed by atoms with Crippen molar-refractivity contribution in [2.75, 3.05) is 19.3 Å². The molecule has 0 amide bonds. The van der Waals surface area contributed by atoms with E-state index in [1.54, 1.807) is 6.92 Å². The van der Waals surface area contributed by atoms with Crippen LogP contribution in [0.5, 0.6) is 0 Å². The van der Waals surface area contributed by atoms with Crippen LogP contribution in [0, 0.1) is 0 Å². The van der Waals surface area contributed by atoms with Gasteiger partial charge in [0.15, 0.2) is 0 Å². The van der Waals surface area contributed by atoms with Gasteiger partial charge in [-0.1, -0.05) is 0 Å². The van der Waals surface area contributed by atoms with Gasteiger partial charge in [0, 0.05) is 13.1 Å². The molecular weight excluding hydrogens is 178 g/mol. The zero-order valence-corrected chi connectivity index (χ0v) is 8.26. The van der Waals surface area contributed by atoms with Gasteiger partial charge in [0.25, 0.3) is 0 Å². The summed E-state index contributed by atoms with van der Waals surface area (Å²) in [4.78, 5) is 0. The maximum atomic E-state index is 11.1. The minimum absolute atomic E-state index is 0.228. The van der Waals surface area contributed by atoms with E-state index in [1.165, 1.54) is 10.6 Å². The number of hydrogen-bond donors (Lipinski definition) is 1. The molecule has 0 aromatic rings. The third kappa shape index (κ3) is 2.43. The second-order valence-corrected chi connectivity index (χ2v) is 5.68. The van der Waals surface area contributed by atoms with E-state index in [0.29, 0.717) is 13.0 Å². The predicted molar refractivity (Wildman–Crippen MR) is 46.3 cm³/mol. The van der Waals surface area contributed by atoms with Gasteiger partial charge in [-0.2, -0.15) is 4.31 Å². The van der Waals surface area contributed by atoms with Crippen LogP contribution in [0.3, 0.4) is 0 Å². The first-order valence-corrected chi connectivity index (χ1v) is 5.84. The standard InChI is InChI=1S/C7H15NO3S/c1-7(9)4-3-5-8(6-7)12(2,10)11/h9H,3-6H2,1-2H3. The van der Waals surface area contributed by atoms with Gasteiger partial charge in [0.05, 0.1) is 11.9 Å². The van der Waals surface area contributed by atoms with Crippen molar-refractivity contribution in [3.05, 3.63) is 0 Å². The number of β-amino-alcohol motifs (C(OH)–C–C–N with tert-alkyl or cyclic N) is 1. The van der Waals surface area contributed by atoms with Gasteiger partial charge in [-0.15, -0.1) is 0 Å². The lowest BCUT2D eigenvalue weighted by Crippen LogP contribution is -2.48. The molecule has 12 heavy (non-hydrogen) atoms. The Bertz CT molecular complexity index is 258. The Morgan fingerprint density at radius 1 is 1.50 bits per heavy atom. The fourth-order valence-electron chi connectivity index (χ4n) is 1.46. The lowest BCUT2D eigenvalue weighted by Gasteiger charge is -2.35. The van der Waals surface area contributed by atoms with Crippen molar-refractivity contribution in [2.45, 2.75) is 25.4 Å². The van der Waals surface area contributed by atoms with Crippen molar-refractivity contribution in [1.82, 2.24) is 4.31 Å². The lowest BCUT2D eigenvalue weighted by atomic mass is 9.97. The van der Waals surface area contributed by atoms with Crippen molar-refractivity contribution in [3.8, 4) is 0 Å². The van der Waals surface area contributed by atoms with Gasteiger partial charge in [-0.05, 0) is 19.8 Å². The molecule has 4 nitrogen and oxygen atoms in total. The van der Waals surface area contributed by atoms with Crippen LogP contribution >= 0.6 is 0 Å². The van der Waals surface area contributed by atoms with Crippen LogP contribution in [0.25, 0.3) is 0 Å². The molecule has 5 heteroatoms. The van der Waals surface area contributed by atoms with Gasteiger partial charge in [-0.25, -0.2) is 8.42 Å². The van der Waals surface area contributed by atoms with Crippen LogP contribution in [0.1, 0.15) is 19.8 Å². The number of rotatable bonds is 1. The Morgan fingerprint density at radius 3 is 2.42 bits per heavy atom. The maximum absolute atomic E-state index is 11.1. The smallest absolute Gasteiger partial charge is 0.211 e. The fourth-order valence-corrected chi connectivity index (χ4v) is 2.43. The summed E-state index contributed by atoms with van der Waals surface area (Å²) >= 11 is 0. The number of sulfonamides is 1. The van der Waals surface area contributed by atoms with E-state index in [1.807, 2.05) is 0 Å². The molecule has 0 bridgehead atoms. The number of hydrogen-bond acceptors (Lipinski definition) is 3. The number of aliphatic hydroxyl groups is 1. The molecule has 1 aliphatic heterocycles. The molecular formula is C7H15NO3S. The van der Waals surface area contributed by atoms with Crippen molar-refractivity contribution in [2.24, 2.45) is 0 Å². The highest BCUT2D eigenvalue weighted by Gasteiger charge is 2.32. The SMILES string of the molecule is CC1(O)CCCN(S(C)(=O)=O)C1. The molecule has 0 aliphatic carbocycles. The van der Waals surface area contributed by atoms with E-state index < -0.39 is 15.6 Å². The first-order chi connectivity index (χ1) is 5.31. The van der Waals surface area contributed by atoms with E-state index >= 15 is 0 Å². The van der Waals surface area contributed by atoms with Crippen LogP contribution in [0.2, 0.25) is 0 Å². The molecule has 72 valence electrons. The molecule has 1 N–H and O–H groups in total. The van der Waals surface area contributed by atoms with E-state index in [4.69, 9.17) is 0 Å². The topological polar surface area (TPSA) is 57.6 Å². The summed E-state index contributed by atoms with van der Waals surface area (Å²) in [6.07, 6.45) is 2.59. The summed E-state index contributed by atoms with van der Waals surface area (Å²) < 4.78 is 23.5. The zero-order chi connectivity index (χ0) is 9.41. The van der Waals surface area contributed by atoms with E-state index in [9.17, 15) is 13.5 Å². The number of nitrogens with zero attached hydrogens (tertiary/aromatic N) is 1. The van der Waals surface area contributed by atoms with Gasteiger partial charge < -0.3 is 5.11 Å². The summed E-state index contributed by atoms with van der Waals surface area (Å²) in [5.74, 6) is 0. The van der Waals surface area contributed by atoms with E-state index in [2.05, 4.69) is 0 Å². The third-order valence-electron chi connectivity index (χ3n) is 2.11. The van der Waals surface area contributed by atoms with Gasteiger partial charge in [0.2, 0.25) is 10.0 Å². The molecule has 1 atom stereocenters. The van der Waals surface area contributed by atoms with E-state index in [-0.39, 0.29) is 6.54 Å². The summed E-state index contributed by atoms with van der Waals surface area (Å²) in [6, 6.07) is 0. The van der Waals surface area contributed by atoms with Crippen LogP contribution < -0.4 is 0 Å². The monoisotopic (exact) mass is 193 g/mol. The Hall–Kier alpha value is -0.130. The minimum Gasteiger partial charge on any atom is -0.389 e. The highest BCUT2D eigenvalue weighted by atomic mass is 32.2. The number of piperidine rings is 1. The molecule has 0 aromatic heterocycles. The molecule has 1 heterocycles.